The second-order valence-corrected chi connectivity index (χ2v) is 6.10. The fraction of sp³-hybridized carbons (Fsp3) is 0.100. The lowest BCUT2D eigenvalue weighted by atomic mass is 10.1. The molecular weight excluding hydrogens is 346 g/mol. The SMILES string of the molecule is Cc1ccccc1Oc1ccc(=O)n(CN2C(=O)c3ccccc3C2=O)n1. The monoisotopic (exact) mass is 361 g/mol. The molecule has 0 bridgehead atoms. The Balaban J connectivity index is 1.62. The lowest BCUT2D eigenvalue weighted by molar-refractivity contribution is 0.0593. The van der Waals surface area contributed by atoms with Crippen LogP contribution in [0.15, 0.2) is 65.5 Å². The number of nitrogens with zero attached hydrogens (tertiary/aromatic N) is 3. The van der Waals surface area contributed by atoms with Crippen molar-refractivity contribution in [2.45, 2.75) is 13.6 Å². The maximum absolute atomic E-state index is 12.5. The van der Waals surface area contributed by atoms with E-state index in [-0.39, 0.29) is 12.5 Å². The third-order valence-electron chi connectivity index (χ3n) is 4.30. The lowest BCUT2D eigenvalue weighted by Gasteiger charge is -2.15. The van der Waals surface area contributed by atoms with E-state index in [2.05, 4.69) is 5.10 Å². The Labute approximate surface area is 154 Å². The fourth-order valence-electron chi connectivity index (χ4n) is 2.87. The zero-order chi connectivity index (χ0) is 19.0. The maximum atomic E-state index is 12.5. The number of hydrogen-bond donors (Lipinski definition) is 0. The van der Waals surface area contributed by atoms with Crippen molar-refractivity contribution in [2.24, 2.45) is 0 Å². The van der Waals surface area contributed by atoms with Gasteiger partial charge in [-0.05, 0) is 30.7 Å². The van der Waals surface area contributed by atoms with E-state index in [9.17, 15) is 14.4 Å². The van der Waals surface area contributed by atoms with Crippen LogP contribution >= 0.6 is 0 Å². The van der Waals surface area contributed by atoms with E-state index in [1.165, 1.54) is 12.1 Å². The Hall–Kier alpha value is -3.74. The number of carbonyl (C=O) groups excluding carboxylic acids is 2. The summed E-state index contributed by atoms with van der Waals surface area (Å²) in [5.74, 6) is -0.0968. The highest BCUT2D eigenvalue weighted by Gasteiger charge is 2.35. The molecule has 2 amide bonds. The van der Waals surface area contributed by atoms with Gasteiger partial charge in [-0.1, -0.05) is 30.3 Å². The van der Waals surface area contributed by atoms with E-state index in [0.717, 1.165) is 15.1 Å². The highest BCUT2D eigenvalue weighted by atomic mass is 16.5. The first-order valence-electron chi connectivity index (χ1n) is 8.31. The van der Waals surface area contributed by atoms with Crippen molar-refractivity contribution in [1.29, 1.82) is 0 Å². The molecule has 0 N–H and O–H groups in total. The van der Waals surface area contributed by atoms with Crippen LogP contribution in [0.5, 0.6) is 11.6 Å². The van der Waals surface area contributed by atoms with E-state index >= 15 is 0 Å². The minimum atomic E-state index is -0.450. The zero-order valence-corrected chi connectivity index (χ0v) is 14.5. The first kappa shape index (κ1) is 16.7. The smallest absolute Gasteiger partial charge is 0.268 e. The topological polar surface area (TPSA) is 81.5 Å². The molecule has 1 aromatic heterocycles. The summed E-state index contributed by atoms with van der Waals surface area (Å²) in [5, 5.41) is 4.14. The van der Waals surface area contributed by atoms with E-state index < -0.39 is 17.4 Å². The van der Waals surface area contributed by atoms with Crippen molar-refractivity contribution in [3.63, 3.8) is 0 Å². The molecule has 2 heterocycles. The van der Waals surface area contributed by atoms with Gasteiger partial charge in [-0.2, -0.15) is 0 Å². The number of fused-ring (bicyclic) bond motifs is 1. The molecule has 2 aromatic carbocycles. The predicted octanol–water partition coefficient (Wildman–Crippen LogP) is 2.60. The number of carbonyl (C=O) groups is 2. The van der Waals surface area contributed by atoms with Gasteiger partial charge in [-0.15, -0.1) is 5.10 Å². The molecule has 0 radical (unpaired) electrons. The van der Waals surface area contributed by atoms with Gasteiger partial charge in [0.05, 0.1) is 11.1 Å². The van der Waals surface area contributed by atoms with Gasteiger partial charge in [0.15, 0.2) is 0 Å². The van der Waals surface area contributed by atoms with Crippen molar-refractivity contribution in [3.05, 3.63) is 87.7 Å². The maximum Gasteiger partial charge on any atom is 0.268 e. The normalized spacial score (nSPS) is 13.0. The summed E-state index contributed by atoms with van der Waals surface area (Å²) in [6, 6.07) is 16.7. The number of hydrogen-bond acceptors (Lipinski definition) is 5. The van der Waals surface area contributed by atoms with Gasteiger partial charge in [0.1, 0.15) is 12.4 Å². The van der Waals surface area contributed by atoms with Gasteiger partial charge in [0, 0.05) is 12.1 Å². The highest BCUT2D eigenvalue weighted by Crippen LogP contribution is 2.24. The van der Waals surface area contributed by atoms with Crippen LogP contribution in [-0.2, 0) is 6.67 Å². The average molecular weight is 361 g/mol. The molecular formula is C20H15N3O4. The molecule has 0 atom stereocenters. The molecule has 0 aliphatic carbocycles. The molecule has 1 aliphatic heterocycles. The number of benzene rings is 2. The van der Waals surface area contributed by atoms with E-state index in [1.54, 1.807) is 30.3 Å². The summed E-state index contributed by atoms with van der Waals surface area (Å²) in [5.41, 5.74) is 1.12. The van der Waals surface area contributed by atoms with Crippen LogP contribution in [0.3, 0.4) is 0 Å². The quantitative estimate of drug-likeness (QED) is 0.667. The average Bonchev–Trinajstić information content (AvgIpc) is 2.91. The number of para-hydroxylation sites is 1. The largest absolute Gasteiger partial charge is 0.437 e. The molecule has 3 aromatic rings. The standard InChI is InChI=1S/C20H15N3O4/c1-13-6-2-5-9-16(13)27-17-10-11-18(24)23(21-17)12-22-19(25)14-7-3-4-8-15(14)20(22)26/h2-11H,12H2,1H3. The lowest BCUT2D eigenvalue weighted by Crippen LogP contribution is -2.37. The second kappa shape index (κ2) is 6.53. The number of aryl methyl sites for hydroxylation is 1. The van der Waals surface area contributed by atoms with Crippen molar-refractivity contribution in [1.82, 2.24) is 14.7 Å². The predicted molar refractivity (Wildman–Crippen MR) is 96.7 cm³/mol. The van der Waals surface area contributed by atoms with E-state index in [0.29, 0.717) is 16.9 Å². The van der Waals surface area contributed by atoms with Gasteiger partial charge < -0.3 is 4.74 Å². The van der Waals surface area contributed by atoms with E-state index in [4.69, 9.17) is 4.74 Å². The third-order valence-corrected chi connectivity index (χ3v) is 4.30. The van der Waals surface area contributed by atoms with Crippen LogP contribution in [0.1, 0.15) is 26.3 Å². The zero-order valence-electron chi connectivity index (χ0n) is 14.5. The van der Waals surface area contributed by atoms with Crippen LogP contribution in [-0.4, -0.2) is 26.5 Å². The Morgan fingerprint density at radius 3 is 2.15 bits per heavy atom. The number of imide groups is 1. The van der Waals surface area contributed by atoms with Gasteiger partial charge in [0.2, 0.25) is 5.88 Å². The molecule has 27 heavy (non-hydrogen) atoms. The number of aromatic nitrogens is 2. The molecule has 0 saturated carbocycles. The van der Waals surface area contributed by atoms with Crippen LogP contribution in [0.2, 0.25) is 0 Å². The Kier molecular flexibility index (Phi) is 4.04. The van der Waals surface area contributed by atoms with E-state index in [1.807, 2.05) is 25.1 Å². The van der Waals surface area contributed by atoms with Crippen LogP contribution in [0, 0.1) is 6.92 Å². The molecule has 0 saturated heterocycles. The van der Waals surface area contributed by atoms with Crippen LogP contribution in [0.4, 0.5) is 0 Å². The Morgan fingerprint density at radius 2 is 1.48 bits per heavy atom. The molecule has 7 nitrogen and oxygen atoms in total. The van der Waals surface area contributed by atoms with Gasteiger partial charge in [-0.3, -0.25) is 19.3 Å². The molecule has 4 rings (SSSR count). The molecule has 134 valence electrons. The molecule has 1 aliphatic rings. The number of amides is 2. The van der Waals surface area contributed by atoms with Gasteiger partial charge in [0.25, 0.3) is 17.4 Å². The first-order valence-corrected chi connectivity index (χ1v) is 8.31. The first-order chi connectivity index (χ1) is 13.0. The van der Waals surface area contributed by atoms with Crippen molar-refractivity contribution >= 4 is 11.8 Å². The summed E-state index contributed by atoms with van der Waals surface area (Å²) in [6.07, 6.45) is 0. The summed E-state index contributed by atoms with van der Waals surface area (Å²) in [6.45, 7) is 1.61. The van der Waals surface area contributed by atoms with Crippen LogP contribution < -0.4 is 10.3 Å². The molecule has 7 heteroatoms. The van der Waals surface area contributed by atoms with Gasteiger partial charge >= 0.3 is 0 Å². The highest BCUT2D eigenvalue weighted by molar-refractivity contribution is 6.21. The number of rotatable bonds is 4. The summed E-state index contributed by atoms with van der Waals surface area (Å²) < 4.78 is 6.76. The minimum Gasteiger partial charge on any atom is -0.437 e. The minimum absolute atomic E-state index is 0.195. The third kappa shape index (κ3) is 2.99. The summed E-state index contributed by atoms with van der Waals surface area (Å²) >= 11 is 0. The van der Waals surface area contributed by atoms with Crippen molar-refractivity contribution in [3.8, 4) is 11.6 Å². The number of ether oxygens (including phenoxy) is 1. The Morgan fingerprint density at radius 1 is 0.852 bits per heavy atom. The van der Waals surface area contributed by atoms with Crippen LogP contribution in [0.25, 0.3) is 0 Å². The van der Waals surface area contributed by atoms with Crippen molar-refractivity contribution in [2.75, 3.05) is 0 Å². The summed E-state index contributed by atoms with van der Waals surface area (Å²) in [7, 11) is 0. The molecule has 0 fully saturated rings. The second-order valence-electron chi connectivity index (χ2n) is 6.10. The Bertz CT molecular complexity index is 1080. The summed E-state index contributed by atoms with van der Waals surface area (Å²) in [4.78, 5) is 38.1. The van der Waals surface area contributed by atoms with Gasteiger partial charge in [-0.25, -0.2) is 4.68 Å². The van der Waals surface area contributed by atoms with Crippen molar-refractivity contribution < 1.29 is 14.3 Å². The molecule has 0 spiro atoms. The fourth-order valence-corrected chi connectivity index (χ4v) is 2.87. The molecule has 0 unspecified atom stereocenters.